The summed E-state index contributed by atoms with van der Waals surface area (Å²) in [4.78, 5) is 15.0. The zero-order valence-electron chi connectivity index (χ0n) is 10.3. The minimum absolute atomic E-state index is 0.471. The Hall–Kier alpha value is -2.08. The number of amides is 1. The lowest BCUT2D eigenvalue weighted by Gasteiger charge is -2.07. The van der Waals surface area contributed by atoms with Crippen LogP contribution in [0.2, 0.25) is 0 Å². The van der Waals surface area contributed by atoms with Crippen molar-refractivity contribution in [3.8, 4) is 11.3 Å². The SMILES string of the molecule is Cc1nc(-c2cn[nH]c2CCCl)ccc1NC(=O)O. The van der Waals surface area contributed by atoms with E-state index >= 15 is 0 Å². The molecule has 3 N–H and O–H groups in total. The Balaban J connectivity index is 2.33. The monoisotopic (exact) mass is 280 g/mol. The van der Waals surface area contributed by atoms with E-state index in [0.29, 0.717) is 23.7 Å². The number of pyridine rings is 1. The van der Waals surface area contributed by atoms with E-state index in [1.165, 1.54) is 0 Å². The normalized spacial score (nSPS) is 10.4. The molecule has 0 saturated carbocycles. The molecule has 0 spiro atoms. The van der Waals surface area contributed by atoms with Gasteiger partial charge in [-0.05, 0) is 19.1 Å². The molecule has 0 radical (unpaired) electrons. The second kappa shape index (κ2) is 5.71. The third kappa shape index (κ3) is 3.03. The Morgan fingerprint density at radius 1 is 1.53 bits per heavy atom. The fourth-order valence-corrected chi connectivity index (χ4v) is 1.97. The van der Waals surface area contributed by atoms with Crippen LogP contribution < -0.4 is 5.32 Å². The van der Waals surface area contributed by atoms with Crippen molar-refractivity contribution in [3.63, 3.8) is 0 Å². The topological polar surface area (TPSA) is 90.9 Å². The molecular weight excluding hydrogens is 268 g/mol. The average Bonchev–Trinajstić information content (AvgIpc) is 2.80. The van der Waals surface area contributed by atoms with Gasteiger partial charge in [0.2, 0.25) is 0 Å². The van der Waals surface area contributed by atoms with E-state index in [0.717, 1.165) is 17.0 Å². The van der Waals surface area contributed by atoms with E-state index in [4.69, 9.17) is 16.7 Å². The molecule has 19 heavy (non-hydrogen) atoms. The smallest absolute Gasteiger partial charge is 0.409 e. The molecule has 2 aromatic heterocycles. The van der Waals surface area contributed by atoms with Gasteiger partial charge < -0.3 is 5.11 Å². The first kappa shape index (κ1) is 13.4. The largest absolute Gasteiger partial charge is 0.465 e. The van der Waals surface area contributed by atoms with Crippen molar-refractivity contribution in [1.29, 1.82) is 0 Å². The Labute approximate surface area is 114 Å². The molecule has 0 atom stereocenters. The van der Waals surface area contributed by atoms with Crippen LogP contribution in [0.5, 0.6) is 0 Å². The Morgan fingerprint density at radius 3 is 2.95 bits per heavy atom. The van der Waals surface area contributed by atoms with Crippen molar-refractivity contribution >= 4 is 23.4 Å². The summed E-state index contributed by atoms with van der Waals surface area (Å²) in [6.07, 6.45) is 1.25. The van der Waals surface area contributed by atoms with Crippen LogP contribution in [-0.4, -0.2) is 32.3 Å². The Kier molecular flexibility index (Phi) is 4.01. The number of alkyl halides is 1. The van der Waals surface area contributed by atoms with Gasteiger partial charge in [0.25, 0.3) is 0 Å². The van der Waals surface area contributed by atoms with Crippen LogP contribution in [0.4, 0.5) is 10.5 Å². The van der Waals surface area contributed by atoms with E-state index in [1.807, 2.05) is 0 Å². The van der Waals surface area contributed by atoms with E-state index in [1.54, 1.807) is 25.3 Å². The summed E-state index contributed by atoms with van der Waals surface area (Å²) in [5.74, 6) is 0.493. The Morgan fingerprint density at radius 2 is 2.32 bits per heavy atom. The van der Waals surface area contributed by atoms with Crippen molar-refractivity contribution in [2.24, 2.45) is 0 Å². The number of nitrogens with one attached hydrogen (secondary N) is 2. The van der Waals surface area contributed by atoms with E-state index in [2.05, 4.69) is 20.5 Å². The lowest BCUT2D eigenvalue weighted by atomic mass is 10.1. The molecule has 0 saturated heterocycles. The molecule has 0 aliphatic carbocycles. The molecule has 100 valence electrons. The van der Waals surface area contributed by atoms with Gasteiger partial charge >= 0.3 is 6.09 Å². The number of H-pyrrole nitrogens is 1. The lowest BCUT2D eigenvalue weighted by Crippen LogP contribution is -2.09. The van der Waals surface area contributed by atoms with Gasteiger partial charge in [-0.1, -0.05) is 0 Å². The standard InChI is InChI=1S/C12H13ClN4O2/c1-7-9(16-12(18)19)2-3-10(15-7)8-6-14-17-11(8)4-5-13/h2-3,6,16H,4-5H2,1H3,(H,14,17)(H,18,19). The summed E-state index contributed by atoms with van der Waals surface area (Å²) in [5.41, 5.74) is 3.62. The molecule has 6 nitrogen and oxygen atoms in total. The number of rotatable bonds is 4. The quantitative estimate of drug-likeness (QED) is 0.751. The lowest BCUT2D eigenvalue weighted by molar-refractivity contribution is 0.209. The summed E-state index contributed by atoms with van der Waals surface area (Å²) in [6.45, 7) is 1.75. The van der Waals surface area contributed by atoms with Crippen molar-refractivity contribution in [2.75, 3.05) is 11.2 Å². The predicted molar refractivity (Wildman–Crippen MR) is 72.6 cm³/mol. The van der Waals surface area contributed by atoms with Gasteiger partial charge in [0, 0.05) is 23.6 Å². The van der Waals surface area contributed by atoms with Crippen LogP contribution in [0.3, 0.4) is 0 Å². The highest BCUT2D eigenvalue weighted by atomic mass is 35.5. The van der Waals surface area contributed by atoms with Gasteiger partial charge in [-0.15, -0.1) is 11.6 Å². The molecule has 0 bridgehead atoms. The fraction of sp³-hybridized carbons (Fsp3) is 0.250. The van der Waals surface area contributed by atoms with Crippen LogP contribution in [0.15, 0.2) is 18.3 Å². The van der Waals surface area contributed by atoms with Gasteiger partial charge in [0.15, 0.2) is 0 Å². The zero-order valence-corrected chi connectivity index (χ0v) is 11.0. The molecule has 7 heteroatoms. The second-order valence-electron chi connectivity index (χ2n) is 3.96. The minimum atomic E-state index is -1.11. The number of aromatic amines is 1. The molecule has 2 aromatic rings. The average molecular weight is 281 g/mol. The number of carboxylic acid groups (broad SMARTS) is 1. The minimum Gasteiger partial charge on any atom is -0.465 e. The van der Waals surface area contributed by atoms with E-state index in [9.17, 15) is 4.79 Å². The number of hydrogen-bond acceptors (Lipinski definition) is 3. The first-order valence-electron chi connectivity index (χ1n) is 5.68. The number of aryl methyl sites for hydroxylation is 2. The highest BCUT2D eigenvalue weighted by molar-refractivity contribution is 6.18. The third-order valence-corrected chi connectivity index (χ3v) is 2.86. The molecule has 2 heterocycles. The molecule has 1 amide bonds. The first-order valence-corrected chi connectivity index (χ1v) is 6.21. The maximum absolute atomic E-state index is 10.6. The highest BCUT2D eigenvalue weighted by Crippen LogP contribution is 2.23. The Bertz CT molecular complexity index is 597. The first-order chi connectivity index (χ1) is 9.11. The molecule has 0 unspecified atom stereocenters. The van der Waals surface area contributed by atoms with E-state index in [-0.39, 0.29) is 0 Å². The maximum atomic E-state index is 10.6. The van der Waals surface area contributed by atoms with Gasteiger partial charge in [-0.3, -0.25) is 15.4 Å². The number of carbonyl (C=O) groups is 1. The summed E-state index contributed by atoms with van der Waals surface area (Å²) in [5, 5.41) is 17.9. The van der Waals surface area contributed by atoms with Crippen molar-refractivity contribution in [1.82, 2.24) is 15.2 Å². The number of aromatic nitrogens is 3. The fourth-order valence-electron chi connectivity index (χ4n) is 1.78. The van der Waals surface area contributed by atoms with E-state index < -0.39 is 6.09 Å². The molecule has 2 rings (SSSR count). The number of hydrogen-bond donors (Lipinski definition) is 3. The third-order valence-electron chi connectivity index (χ3n) is 2.67. The summed E-state index contributed by atoms with van der Waals surface area (Å²) >= 11 is 5.72. The van der Waals surface area contributed by atoms with Gasteiger partial charge in [-0.25, -0.2) is 4.79 Å². The van der Waals surface area contributed by atoms with Gasteiger partial charge in [-0.2, -0.15) is 5.10 Å². The number of nitrogens with zero attached hydrogens (tertiary/aromatic N) is 2. The molecule has 0 aliphatic heterocycles. The zero-order chi connectivity index (χ0) is 13.8. The van der Waals surface area contributed by atoms with Crippen LogP contribution >= 0.6 is 11.6 Å². The molecule has 0 aliphatic rings. The summed E-state index contributed by atoms with van der Waals surface area (Å²) in [7, 11) is 0. The predicted octanol–water partition coefficient (Wildman–Crippen LogP) is 2.65. The second-order valence-corrected chi connectivity index (χ2v) is 4.34. The van der Waals surface area contributed by atoms with Crippen LogP contribution in [0, 0.1) is 6.92 Å². The van der Waals surface area contributed by atoms with Crippen LogP contribution in [0.25, 0.3) is 11.3 Å². The van der Waals surface area contributed by atoms with Crippen molar-refractivity contribution < 1.29 is 9.90 Å². The molecule has 0 aromatic carbocycles. The maximum Gasteiger partial charge on any atom is 0.409 e. The number of halogens is 1. The highest BCUT2D eigenvalue weighted by Gasteiger charge is 2.11. The number of anilines is 1. The summed E-state index contributed by atoms with van der Waals surface area (Å²) < 4.78 is 0. The summed E-state index contributed by atoms with van der Waals surface area (Å²) in [6, 6.07) is 3.43. The van der Waals surface area contributed by atoms with Crippen LogP contribution in [0.1, 0.15) is 11.4 Å². The van der Waals surface area contributed by atoms with Gasteiger partial charge in [0.05, 0.1) is 23.3 Å². The van der Waals surface area contributed by atoms with Crippen LogP contribution in [-0.2, 0) is 6.42 Å². The molecular formula is C12H13ClN4O2. The molecule has 0 fully saturated rings. The van der Waals surface area contributed by atoms with Crippen molar-refractivity contribution in [2.45, 2.75) is 13.3 Å². The van der Waals surface area contributed by atoms with Gasteiger partial charge in [0.1, 0.15) is 0 Å². The van der Waals surface area contributed by atoms with Crippen molar-refractivity contribution in [3.05, 3.63) is 29.7 Å².